The number of aromatic amines is 1. The lowest BCUT2D eigenvalue weighted by Gasteiger charge is -2.08. The quantitative estimate of drug-likeness (QED) is 0.777. The van der Waals surface area contributed by atoms with Gasteiger partial charge in [-0.15, -0.1) is 0 Å². The number of fused-ring (bicyclic) bond motifs is 1. The molecule has 0 aliphatic rings. The first-order valence-electron chi connectivity index (χ1n) is 6.20. The van der Waals surface area contributed by atoms with Crippen molar-refractivity contribution in [3.8, 4) is 0 Å². The van der Waals surface area contributed by atoms with Crippen molar-refractivity contribution in [2.24, 2.45) is 0 Å². The monoisotopic (exact) mass is 285 g/mol. The van der Waals surface area contributed by atoms with E-state index in [1.807, 2.05) is 42.5 Å². The third-order valence-electron chi connectivity index (χ3n) is 3.07. The molecule has 0 aliphatic heterocycles. The van der Waals surface area contributed by atoms with E-state index in [4.69, 9.17) is 11.6 Å². The molecule has 0 amide bonds. The second kappa shape index (κ2) is 5.35. The molecule has 0 saturated heterocycles. The number of rotatable bonds is 3. The maximum atomic E-state index is 11.7. The molecule has 0 atom stereocenters. The normalized spacial score (nSPS) is 10.7. The molecule has 5 heteroatoms. The smallest absolute Gasteiger partial charge is 0.272 e. The summed E-state index contributed by atoms with van der Waals surface area (Å²) in [6.45, 7) is 0.611. The lowest BCUT2D eigenvalue weighted by molar-refractivity contribution is 0.989. The number of benzene rings is 2. The van der Waals surface area contributed by atoms with Crippen molar-refractivity contribution in [2.45, 2.75) is 6.54 Å². The maximum absolute atomic E-state index is 11.7. The first-order valence-corrected chi connectivity index (χ1v) is 6.57. The van der Waals surface area contributed by atoms with Crippen molar-refractivity contribution in [1.29, 1.82) is 0 Å². The fourth-order valence-corrected chi connectivity index (χ4v) is 2.16. The van der Waals surface area contributed by atoms with Crippen LogP contribution in [0.25, 0.3) is 10.8 Å². The van der Waals surface area contributed by atoms with Gasteiger partial charge in [-0.25, -0.2) is 5.10 Å². The maximum Gasteiger partial charge on any atom is 0.272 e. The molecule has 2 aromatic carbocycles. The van der Waals surface area contributed by atoms with E-state index in [1.54, 1.807) is 6.07 Å². The van der Waals surface area contributed by atoms with E-state index in [9.17, 15) is 4.79 Å². The molecule has 1 heterocycles. The highest BCUT2D eigenvalue weighted by Crippen LogP contribution is 2.18. The first-order chi connectivity index (χ1) is 9.74. The summed E-state index contributed by atoms with van der Waals surface area (Å²) in [5.74, 6) is 0.662. The average molecular weight is 286 g/mol. The van der Waals surface area contributed by atoms with Gasteiger partial charge in [-0.05, 0) is 23.8 Å². The van der Waals surface area contributed by atoms with Gasteiger partial charge in [-0.1, -0.05) is 41.9 Å². The van der Waals surface area contributed by atoms with Crippen LogP contribution in [0.2, 0.25) is 5.02 Å². The molecule has 1 aromatic heterocycles. The molecule has 2 N–H and O–H groups in total. The second-order valence-electron chi connectivity index (χ2n) is 4.43. The van der Waals surface area contributed by atoms with Gasteiger partial charge in [0.15, 0.2) is 5.82 Å². The Morgan fingerprint density at radius 3 is 2.50 bits per heavy atom. The van der Waals surface area contributed by atoms with Crippen LogP contribution in [0, 0.1) is 0 Å². The molecule has 3 aromatic rings. The topological polar surface area (TPSA) is 57.8 Å². The Balaban J connectivity index is 1.90. The molecule has 20 heavy (non-hydrogen) atoms. The summed E-state index contributed by atoms with van der Waals surface area (Å²) in [6.07, 6.45) is 0. The molecular formula is C15H12ClN3O. The van der Waals surface area contributed by atoms with E-state index in [0.717, 1.165) is 10.9 Å². The Hall–Kier alpha value is -2.33. The number of H-pyrrole nitrogens is 1. The van der Waals surface area contributed by atoms with E-state index < -0.39 is 0 Å². The number of aromatic nitrogens is 2. The minimum absolute atomic E-state index is 0.183. The Morgan fingerprint density at radius 2 is 1.75 bits per heavy atom. The molecule has 0 fully saturated rings. The summed E-state index contributed by atoms with van der Waals surface area (Å²) >= 11 is 5.85. The van der Waals surface area contributed by atoms with Crippen molar-refractivity contribution < 1.29 is 0 Å². The minimum atomic E-state index is -0.183. The zero-order valence-electron chi connectivity index (χ0n) is 10.6. The van der Waals surface area contributed by atoms with Crippen molar-refractivity contribution in [2.75, 3.05) is 5.32 Å². The number of hydrogen-bond donors (Lipinski definition) is 2. The molecule has 0 spiro atoms. The van der Waals surface area contributed by atoms with Gasteiger partial charge in [-0.3, -0.25) is 4.79 Å². The van der Waals surface area contributed by atoms with Gasteiger partial charge < -0.3 is 5.32 Å². The van der Waals surface area contributed by atoms with Gasteiger partial charge >= 0.3 is 0 Å². The van der Waals surface area contributed by atoms with E-state index in [1.165, 1.54) is 0 Å². The fraction of sp³-hybridized carbons (Fsp3) is 0.0667. The summed E-state index contributed by atoms with van der Waals surface area (Å²) < 4.78 is 0. The average Bonchev–Trinajstić information content (AvgIpc) is 2.49. The molecule has 3 rings (SSSR count). The van der Waals surface area contributed by atoms with Gasteiger partial charge in [0.05, 0.1) is 5.39 Å². The number of halogens is 1. The van der Waals surface area contributed by atoms with Crippen LogP contribution < -0.4 is 10.9 Å². The zero-order valence-corrected chi connectivity index (χ0v) is 11.3. The summed E-state index contributed by atoms with van der Waals surface area (Å²) in [7, 11) is 0. The summed E-state index contributed by atoms with van der Waals surface area (Å²) in [5, 5.41) is 11.9. The van der Waals surface area contributed by atoms with Crippen LogP contribution in [0.3, 0.4) is 0 Å². The zero-order chi connectivity index (χ0) is 13.9. The Labute approximate surface area is 120 Å². The molecule has 0 saturated carbocycles. The van der Waals surface area contributed by atoms with Gasteiger partial charge in [-0.2, -0.15) is 5.10 Å². The molecule has 100 valence electrons. The highest BCUT2D eigenvalue weighted by Gasteiger charge is 2.05. The minimum Gasteiger partial charge on any atom is -0.364 e. The summed E-state index contributed by atoms with van der Waals surface area (Å²) in [6, 6.07) is 15.0. The summed E-state index contributed by atoms with van der Waals surface area (Å²) in [4.78, 5) is 11.7. The van der Waals surface area contributed by atoms with Crippen LogP contribution in [-0.2, 0) is 6.54 Å². The van der Waals surface area contributed by atoms with Crippen LogP contribution in [0.4, 0.5) is 5.82 Å². The van der Waals surface area contributed by atoms with Gasteiger partial charge in [0.25, 0.3) is 5.56 Å². The van der Waals surface area contributed by atoms with Crippen LogP contribution in [0.1, 0.15) is 5.56 Å². The van der Waals surface area contributed by atoms with Crippen molar-refractivity contribution in [1.82, 2.24) is 10.2 Å². The molecule has 0 bridgehead atoms. The number of nitrogens with one attached hydrogen (secondary N) is 2. The fourth-order valence-electron chi connectivity index (χ4n) is 2.04. The Kier molecular flexibility index (Phi) is 3.39. The SMILES string of the molecule is O=c1[nH]nc(NCc2ccc(Cl)cc2)c2ccccc12. The van der Waals surface area contributed by atoms with Crippen LogP contribution >= 0.6 is 11.6 Å². The third kappa shape index (κ3) is 2.51. The van der Waals surface area contributed by atoms with Gasteiger partial charge in [0.1, 0.15) is 0 Å². The molecule has 0 radical (unpaired) electrons. The predicted octanol–water partition coefficient (Wildman–Crippen LogP) is 3.19. The predicted molar refractivity (Wildman–Crippen MR) is 81.1 cm³/mol. The largest absolute Gasteiger partial charge is 0.364 e. The molecule has 4 nitrogen and oxygen atoms in total. The van der Waals surface area contributed by atoms with Crippen molar-refractivity contribution in [3.05, 3.63) is 69.5 Å². The third-order valence-corrected chi connectivity index (χ3v) is 3.32. The first kappa shape index (κ1) is 12.7. The van der Waals surface area contributed by atoms with Gasteiger partial charge in [0, 0.05) is 17.0 Å². The lowest BCUT2D eigenvalue weighted by Crippen LogP contribution is -2.12. The highest BCUT2D eigenvalue weighted by atomic mass is 35.5. The molecule has 0 unspecified atom stereocenters. The van der Waals surface area contributed by atoms with Crippen molar-refractivity contribution >= 4 is 28.2 Å². The van der Waals surface area contributed by atoms with Crippen LogP contribution in [0.5, 0.6) is 0 Å². The Morgan fingerprint density at radius 1 is 1.05 bits per heavy atom. The van der Waals surface area contributed by atoms with Crippen LogP contribution in [-0.4, -0.2) is 10.2 Å². The second-order valence-corrected chi connectivity index (χ2v) is 4.86. The lowest BCUT2D eigenvalue weighted by atomic mass is 10.2. The van der Waals surface area contributed by atoms with E-state index in [0.29, 0.717) is 22.8 Å². The number of hydrogen-bond acceptors (Lipinski definition) is 3. The van der Waals surface area contributed by atoms with E-state index in [2.05, 4.69) is 15.5 Å². The van der Waals surface area contributed by atoms with Crippen molar-refractivity contribution in [3.63, 3.8) is 0 Å². The van der Waals surface area contributed by atoms with E-state index >= 15 is 0 Å². The number of anilines is 1. The number of nitrogens with zero attached hydrogens (tertiary/aromatic N) is 1. The summed E-state index contributed by atoms with van der Waals surface area (Å²) in [5.41, 5.74) is 0.907. The van der Waals surface area contributed by atoms with Crippen LogP contribution in [0.15, 0.2) is 53.3 Å². The molecular weight excluding hydrogens is 274 g/mol. The standard InChI is InChI=1S/C15H12ClN3O/c16-11-7-5-10(6-8-11)9-17-14-12-3-1-2-4-13(12)15(20)19-18-14/h1-8H,9H2,(H,17,18)(H,19,20). The van der Waals surface area contributed by atoms with Gasteiger partial charge in [0.2, 0.25) is 0 Å². The Bertz CT molecular complexity index is 796. The molecule has 0 aliphatic carbocycles. The van der Waals surface area contributed by atoms with E-state index in [-0.39, 0.29) is 5.56 Å². The highest BCUT2D eigenvalue weighted by molar-refractivity contribution is 6.30.